The van der Waals surface area contributed by atoms with E-state index in [1.54, 1.807) is 0 Å². The molecule has 2 heterocycles. The molecule has 0 bridgehead atoms. The van der Waals surface area contributed by atoms with Crippen molar-refractivity contribution in [3.63, 3.8) is 0 Å². The highest BCUT2D eigenvalue weighted by Crippen LogP contribution is 2.29. The van der Waals surface area contributed by atoms with Gasteiger partial charge in [-0.15, -0.1) is 5.10 Å². The van der Waals surface area contributed by atoms with E-state index in [1.807, 2.05) is 16.8 Å². The molecule has 18 heavy (non-hydrogen) atoms. The first kappa shape index (κ1) is 12.1. The minimum absolute atomic E-state index is 0.0373. The highest BCUT2D eigenvalue weighted by molar-refractivity contribution is 9.10. The van der Waals surface area contributed by atoms with Crippen molar-refractivity contribution in [1.29, 1.82) is 0 Å². The summed E-state index contributed by atoms with van der Waals surface area (Å²) in [5, 5.41) is 17.9. The number of rotatable bonds is 2. The Labute approximate surface area is 113 Å². The van der Waals surface area contributed by atoms with Gasteiger partial charge in [-0.05, 0) is 25.0 Å². The van der Waals surface area contributed by atoms with Gasteiger partial charge in [-0.2, -0.15) is 0 Å². The van der Waals surface area contributed by atoms with Crippen molar-refractivity contribution in [3.8, 4) is 0 Å². The normalized spacial score (nSPS) is 17.4. The summed E-state index contributed by atoms with van der Waals surface area (Å²) < 4.78 is 8.20. The van der Waals surface area contributed by atoms with Crippen LogP contribution in [0.3, 0.4) is 0 Å². The van der Waals surface area contributed by atoms with Crippen LogP contribution in [0.4, 0.5) is 0 Å². The van der Waals surface area contributed by atoms with Crippen LogP contribution < -0.4 is 0 Å². The van der Waals surface area contributed by atoms with Gasteiger partial charge in [0.15, 0.2) is 0 Å². The minimum Gasteiger partial charge on any atom is -0.392 e. The van der Waals surface area contributed by atoms with Gasteiger partial charge in [0.05, 0.1) is 18.2 Å². The predicted octanol–water partition coefficient (Wildman–Crippen LogP) is 2.04. The number of hydrogen-bond acceptors (Lipinski definition) is 4. The van der Waals surface area contributed by atoms with Crippen molar-refractivity contribution in [1.82, 2.24) is 15.0 Å². The van der Waals surface area contributed by atoms with Crippen molar-refractivity contribution in [2.75, 3.05) is 13.2 Å². The zero-order valence-electron chi connectivity index (χ0n) is 9.84. The molecular formula is C12H14BrN3O2. The van der Waals surface area contributed by atoms with Gasteiger partial charge in [0.2, 0.25) is 0 Å². The lowest BCUT2D eigenvalue weighted by molar-refractivity contribution is 0.0669. The lowest BCUT2D eigenvalue weighted by Gasteiger charge is -2.22. The van der Waals surface area contributed by atoms with Crippen LogP contribution in [0.5, 0.6) is 0 Å². The standard InChI is InChI=1S/C12H14BrN3O2/c13-10-1-2-11-12(9(10)7-17)14-15-16(11)8-3-5-18-6-4-8/h1-2,8,17H,3-7H2. The quantitative estimate of drug-likeness (QED) is 0.922. The summed E-state index contributed by atoms with van der Waals surface area (Å²) >= 11 is 3.43. The van der Waals surface area contributed by atoms with Crippen LogP contribution in [-0.2, 0) is 11.3 Å². The number of aliphatic hydroxyl groups is 1. The first-order chi connectivity index (χ1) is 8.81. The summed E-state index contributed by atoms with van der Waals surface area (Å²) in [5.74, 6) is 0. The number of ether oxygens (including phenoxy) is 1. The zero-order valence-corrected chi connectivity index (χ0v) is 11.4. The molecule has 1 aromatic heterocycles. The van der Waals surface area contributed by atoms with E-state index >= 15 is 0 Å². The van der Waals surface area contributed by atoms with E-state index in [0.717, 1.165) is 47.1 Å². The van der Waals surface area contributed by atoms with Gasteiger partial charge >= 0.3 is 0 Å². The number of fused-ring (bicyclic) bond motifs is 1. The molecular weight excluding hydrogens is 298 g/mol. The van der Waals surface area contributed by atoms with Crippen molar-refractivity contribution in [2.24, 2.45) is 0 Å². The van der Waals surface area contributed by atoms with Gasteiger partial charge in [-0.3, -0.25) is 0 Å². The van der Waals surface area contributed by atoms with Gasteiger partial charge < -0.3 is 9.84 Å². The molecule has 0 amide bonds. The Morgan fingerprint density at radius 1 is 1.39 bits per heavy atom. The number of aromatic nitrogens is 3. The van der Waals surface area contributed by atoms with E-state index in [0.29, 0.717) is 6.04 Å². The third-order valence-electron chi connectivity index (χ3n) is 3.39. The second kappa shape index (κ2) is 4.95. The average Bonchev–Trinajstić information content (AvgIpc) is 2.83. The highest BCUT2D eigenvalue weighted by Gasteiger charge is 2.20. The fourth-order valence-corrected chi connectivity index (χ4v) is 2.83. The number of aliphatic hydroxyl groups excluding tert-OH is 1. The molecule has 1 saturated heterocycles. The molecule has 1 aromatic carbocycles. The minimum atomic E-state index is -0.0373. The van der Waals surface area contributed by atoms with Crippen molar-refractivity contribution >= 4 is 27.0 Å². The fourth-order valence-electron chi connectivity index (χ4n) is 2.39. The van der Waals surface area contributed by atoms with E-state index in [9.17, 15) is 5.11 Å². The van der Waals surface area contributed by atoms with E-state index in [2.05, 4.69) is 26.2 Å². The third kappa shape index (κ3) is 1.94. The highest BCUT2D eigenvalue weighted by atomic mass is 79.9. The second-order valence-electron chi connectivity index (χ2n) is 4.43. The Kier molecular flexibility index (Phi) is 3.32. The van der Waals surface area contributed by atoms with E-state index < -0.39 is 0 Å². The lowest BCUT2D eigenvalue weighted by Crippen LogP contribution is -2.20. The molecule has 6 heteroatoms. The lowest BCUT2D eigenvalue weighted by atomic mass is 10.1. The van der Waals surface area contributed by atoms with E-state index in [4.69, 9.17) is 4.74 Å². The molecule has 1 fully saturated rings. The summed E-state index contributed by atoms with van der Waals surface area (Å²) in [6, 6.07) is 4.28. The largest absolute Gasteiger partial charge is 0.392 e. The second-order valence-corrected chi connectivity index (χ2v) is 5.28. The van der Waals surface area contributed by atoms with Crippen LogP contribution in [-0.4, -0.2) is 33.3 Å². The van der Waals surface area contributed by atoms with Gasteiger partial charge in [0.25, 0.3) is 0 Å². The van der Waals surface area contributed by atoms with Gasteiger partial charge in [-0.25, -0.2) is 4.68 Å². The maximum Gasteiger partial charge on any atom is 0.119 e. The van der Waals surface area contributed by atoms with Crippen LogP contribution in [0, 0.1) is 0 Å². The SMILES string of the molecule is OCc1c(Br)ccc2c1nnn2C1CCOCC1. The van der Waals surface area contributed by atoms with E-state index in [1.165, 1.54) is 0 Å². The molecule has 0 atom stereocenters. The fraction of sp³-hybridized carbons (Fsp3) is 0.500. The molecule has 1 aliphatic rings. The molecule has 0 radical (unpaired) electrons. The molecule has 3 rings (SSSR count). The molecule has 0 saturated carbocycles. The van der Waals surface area contributed by atoms with Gasteiger partial charge in [0, 0.05) is 23.2 Å². The van der Waals surface area contributed by atoms with Crippen LogP contribution in [0.25, 0.3) is 11.0 Å². The predicted molar refractivity (Wildman–Crippen MR) is 70.2 cm³/mol. The molecule has 0 unspecified atom stereocenters. The van der Waals surface area contributed by atoms with Crippen molar-refractivity contribution in [2.45, 2.75) is 25.5 Å². The first-order valence-corrected chi connectivity index (χ1v) is 6.81. The average molecular weight is 312 g/mol. The molecule has 5 nitrogen and oxygen atoms in total. The molecule has 1 N–H and O–H groups in total. The number of halogens is 1. The Morgan fingerprint density at radius 2 is 2.17 bits per heavy atom. The Hall–Kier alpha value is -0.980. The van der Waals surface area contributed by atoms with Crippen molar-refractivity contribution in [3.05, 3.63) is 22.2 Å². The summed E-state index contributed by atoms with van der Waals surface area (Å²) in [6.07, 6.45) is 1.92. The third-order valence-corrected chi connectivity index (χ3v) is 4.13. The first-order valence-electron chi connectivity index (χ1n) is 6.02. The molecule has 1 aliphatic heterocycles. The Morgan fingerprint density at radius 3 is 2.89 bits per heavy atom. The van der Waals surface area contributed by atoms with Crippen LogP contribution in [0.15, 0.2) is 16.6 Å². The summed E-state index contributed by atoms with van der Waals surface area (Å²) in [7, 11) is 0. The maximum atomic E-state index is 9.41. The summed E-state index contributed by atoms with van der Waals surface area (Å²) in [4.78, 5) is 0. The molecule has 0 aliphatic carbocycles. The molecule has 96 valence electrons. The van der Waals surface area contributed by atoms with Crippen molar-refractivity contribution < 1.29 is 9.84 Å². The van der Waals surface area contributed by atoms with Gasteiger partial charge in [-0.1, -0.05) is 21.1 Å². The van der Waals surface area contributed by atoms with Crippen LogP contribution in [0.1, 0.15) is 24.4 Å². The monoisotopic (exact) mass is 311 g/mol. The van der Waals surface area contributed by atoms with Gasteiger partial charge in [0.1, 0.15) is 5.52 Å². The van der Waals surface area contributed by atoms with E-state index in [-0.39, 0.29) is 6.61 Å². The number of hydrogen-bond donors (Lipinski definition) is 1. The number of nitrogens with zero attached hydrogens (tertiary/aromatic N) is 3. The summed E-state index contributed by atoms with van der Waals surface area (Å²) in [6.45, 7) is 1.51. The zero-order chi connectivity index (χ0) is 12.5. The molecule has 2 aromatic rings. The smallest absolute Gasteiger partial charge is 0.119 e. The Bertz CT molecular complexity index is 564. The Balaban J connectivity index is 2.08. The topological polar surface area (TPSA) is 60.2 Å². The van der Waals surface area contributed by atoms with Crippen LogP contribution >= 0.6 is 15.9 Å². The summed E-state index contributed by atoms with van der Waals surface area (Å²) in [5.41, 5.74) is 2.55. The number of benzene rings is 1. The van der Waals surface area contributed by atoms with Crippen LogP contribution in [0.2, 0.25) is 0 Å². The maximum absolute atomic E-state index is 9.41. The molecule has 0 spiro atoms.